The lowest BCUT2D eigenvalue weighted by Crippen LogP contribution is -1.88. The summed E-state index contributed by atoms with van der Waals surface area (Å²) in [6.45, 7) is -2.54. The minimum atomic E-state index is -2.54. The zero-order valence-electron chi connectivity index (χ0n) is 10.9. The van der Waals surface area contributed by atoms with Gasteiger partial charge >= 0.3 is 0 Å². The highest BCUT2D eigenvalue weighted by molar-refractivity contribution is 5.31. The summed E-state index contributed by atoms with van der Waals surface area (Å²) >= 11 is 0. The van der Waals surface area contributed by atoms with Crippen LogP contribution in [-0.4, -0.2) is 12.0 Å². The Hall–Kier alpha value is -1.05. The molecule has 0 saturated carbocycles. The Kier molecular flexibility index (Phi) is 0.365. The molecule has 0 spiro atoms. The highest BCUT2D eigenvalue weighted by Gasteiger charge is 1.79. The molecule has 2 heteroatoms. The van der Waals surface area contributed by atoms with E-state index in [4.69, 9.17) is 9.60 Å². The van der Waals surface area contributed by atoms with Crippen LogP contribution in [0.5, 0.6) is 0 Å². The number of hydrogen-bond donors (Lipinski definition) is 1. The molecule has 0 aliphatic rings. The smallest absolute Gasteiger partial charge is 0.125 e. The van der Waals surface area contributed by atoms with E-state index in [-0.39, 0.29) is 5.82 Å². The fourth-order valence-electron chi connectivity index (χ4n) is 0.289. The van der Waals surface area contributed by atoms with Gasteiger partial charge in [-0.1, -0.05) is 6.04 Å². The molecule has 1 aromatic heterocycles. The van der Waals surface area contributed by atoms with Crippen molar-refractivity contribution < 1.29 is 9.60 Å². The average molecular weight is 115 g/mol. The van der Waals surface area contributed by atoms with Crippen LogP contribution in [0.1, 0.15) is 9.60 Å². The van der Waals surface area contributed by atoms with Crippen LogP contribution in [0.3, 0.4) is 0 Å². The molecule has 1 aromatic rings. The van der Waals surface area contributed by atoms with Gasteiger partial charge in [-0.05, 0) is 12.1 Å². The quantitative estimate of drug-likeness (QED) is 0.593. The van der Waals surface area contributed by atoms with Gasteiger partial charge in [-0.3, -0.25) is 0 Å². The molecule has 0 unspecified atom stereocenters. The summed E-state index contributed by atoms with van der Waals surface area (Å²) in [4.78, 5) is 3.42. The molecule has 8 heavy (non-hydrogen) atoms. The maximum atomic E-state index is 7.35. The maximum Gasteiger partial charge on any atom is 0.125 e. The van der Waals surface area contributed by atoms with Crippen LogP contribution in [0.15, 0.2) is 24.3 Å². The minimum absolute atomic E-state index is 0.374. The third-order valence-electron chi connectivity index (χ3n) is 0.585. The largest absolute Gasteiger partial charge is 0.373 e. The van der Waals surface area contributed by atoms with Crippen molar-refractivity contribution >= 4 is 5.82 Å². The Morgan fingerprint density at radius 1 is 1.88 bits per heavy atom. The van der Waals surface area contributed by atoms with Crippen molar-refractivity contribution in [2.45, 2.75) is 0 Å². The highest BCUT2D eigenvalue weighted by atomic mass is 14.9. The fourth-order valence-corrected chi connectivity index (χ4v) is 0.289. The summed E-state index contributed by atoms with van der Waals surface area (Å²) in [5.41, 5.74) is 0. The van der Waals surface area contributed by atoms with Crippen LogP contribution in [0.25, 0.3) is 0 Å². The Labute approximate surface area is 58.4 Å². The molecule has 1 heterocycles. The monoisotopic (exact) mass is 115 g/mol. The third kappa shape index (κ3) is 0.964. The van der Waals surface area contributed by atoms with Crippen LogP contribution in [0, 0.1) is 0 Å². The van der Waals surface area contributed by atoms with E-state index in [2.05, 4.69) is 4.98 Å². The molecular formula is C6H8N2. The van der Waals surface area contributed by atoms with E-state index in [9.17, 15) is 0 Å². The lowest BCUT2D eigenvalue weighted by atomic mass is 10.5. The average Bonchev–Trinajstić information content (AvgIpc) is 2.08. The predicted octanol–water partition coefficient (Wildman–Crippen LogP) is 1.12. The summed E-state index contributed by atoms with van der Waals surface area (Å²) in [7, 11) is 0. The Balaban J connectivity index is 3.21. The number of nitrogens with zero attached hydrogens (tertiary/aromatic N) is 1. The molecule has 1 rings (SSSR count). The van der Waals surface area contributed by atoms with Gasteiger partial charge in [0.1, 0.15) is 5.82 Å². The topological polar surface area (TPSA) is 24.9 Å². The first-order valence-corrected chi connectivity index (χ1v) is 1.95. The van der Waals surface area contributed by atoms with Gasteiger partial charge in [0, 0.05) is 17.3 Å². The molecule has 0 radical (unpaired) electrons. The van der Waals surface area contributed by atoms with E-state index in [1.54, 1.807) is 0 Å². The van der Waals surface area contributed by atoms with Crippen LogP contribution in [0.4, 0.5) is 5.82 Å². The predicted molar refractivity (Wildman–Crippen MR) is 33.8 cm³/mol. The van der Waals surface area contributed by atoms with Crippen molar-refractivity contribution in [2.75, 3.05) is 12.3 Å². The lowest BCUT2D eigenvalue weighted by Gasteiger charge is -1.92. The summed E-state index contributed by atoms with van der Waals surface area (Å²) in [5, 5.41) is 1.94. The first kappa shape index (κ1) is 1.26. The Morgan fingerprint density at radius 3 is 3.75 bits per heavy atom. The first-order valence-electron chi connectivity index (χ1n) is 5.45. The van der Waals surface area contributed by atoms with Gasteiger partial charge in [-0.2, -0.15) is 0 Å². The molecule has 0 aliphatic heterocycles. The third-order valence-corrected chi connectivity index (χ3v) is 0.585. The van der Waals surface area contributed by atoms with Crippen molar-refractivity contribution in [3.63, 3.8) is 0 Å². The van der Waals surface area contributed by atoms with Gasteiger partial charge in [-0.25, -0.2) is 4.98 Å². The van der Waals surface area contributed by atoms with Gasteiger partial charge < -0.3 is 5.32 Å². The van der Waals surface area contributed by atoms with Gasteiger partial charge in [0.2, 0.25) is 0 Å². The number of rotatable bonds is 1. The number of hydrogen-bond acceptors (Lipinski definition) is 2. The summed E-state index contributed by atoms with van der Waals surface area (Å²) in [5.74, 6) is -0.374. The van der Waals surface area contributed by atoms with E-state index in [1.165, 1.54) is 0 Å². The molecule has 0 aliphatic carbocycles. The number of nitrogens with one attached hydrogen (secondary N) is 1. The van der Waals surface area contributed by atoms with Crippen LogP contribution < -0.4 is 5.32 Å². The molecule has 2 nitrogen and oxygen atoms in total. The molecule has 1 N–H and O–H groups in total. The van der Waals surface area contributed by atoms with Gasteiger partial charge in [0.25, 0.3) is 0 Å². The van der Waals surface area contributed by atoms with Gasteiger partial charge in [-0.15, -0.1) is 0 Å². The van der Waals surface area contributed by atoms with Crippen LogP contribution in [0.2, 0.25) is 0 Å². The zero-order valence-corrected chi connectivity index (χ0v) is 3.95. The Morgan fingerprint density at radius 2 is 2.88 bits per heavy atom. The fraction of sp³-hybridized carbons (Fsp3) is 0.167. The van der Waals surface area contributed by atoms with Gasteiger partial charge in [0.15, 0.2) is 0 Å². The standard InChI is InChI=1S/C6H8N2/c1-7-6-4-2-3-5-8-6/h2-5H,1H3,(H,7,8)/i1D3,2D,3D,4D,5D. The van der Waals surface area contributed by atoms with Crippen LogP contribution >= 0.6 is 0 Å². The van der Waals surface area contributed by atoms with Gasteiger partial charge in [0.05, 0.1) is 5.48 Å². The van der Waals surface area contributed by atoms with Crippen molar-refractivity contribution in [2.24, 2.45) is 0 Å². The molecule has 0 saturated heterocycles. The molecular weight excluding hydrogens is 100 g/mol. The van der Waals surface area contributed by atoms with E-state index in [1.807, 2.05) is 5.32 Å². The number of aromatic nitrogens is 1. The molecule has 0 bridgehead atoms. The molecule has 0 aromatic carbocycles. The SMILES string of the molecule is [2H]c1nc(NC([2H])([2H])[2H])c([2H])c([2H])c1[2H]. The van der Waals surface area contributed by atoms with Crippen molar-refractivity contribution in [3.05, 3.63) is 24.3 Å². The van der Waals surface area contributed by atoms with Crippen molar-refractivity contribution in [1.29, 1.82) is 0 Å². The van der Waals surface area contributed by atoms with E-state index in [0.717, 1.165) is 0 Å². The molecule has 0 amide bonds. The zero-order chi connectivity index (χ0) is 11.8. The second kappa shape index (κ2) is 2.31. The van der Waals surface area contributed by atoms with Crippen molar-refractivity contribution in [1.82, 2.24) is 4.98 Å². The molecule has 42 valence electrons. The minimum Gasteiger partial charge on any atom is -0.373 e. The number of anilines is 1. The summed E-state index contributed by atoms with van der Waals surface area (Å²) in [6, 6.07) is -1.50. The second-order valence-electron chi connectivity index (χ2n) is 1.07. The van der Waals surface area contributed by atoms with Crippen LogP contribution in [-0.2, 0) is 0 Å². The maximum absolute atomic E-state index is 7.35. The van der Waals surface area contributed by atoms with E-state index in [0.29, 0.717) is 0 Å². The lowest BCUT2D eigenvalue weighted by molar-refractivity contribution is 1.29. The van der Waals surface area contributed by atoms with E-state index >= 15 is 0 Å². The number of pyridine rings is 1. The highest BCUT2D eigenvalue weighted by Crippen LogP contribution is 1.95. The normalized spacial score (nSPS) is 22.8. The molecule has 0 fully saturated rings. The second-order valence-corrected chi connectivity index (χ2v) is 1.07. The Bertz CT molecular complexity index is 386. The van der Waals surface area contributed by atoms with Crippen molar-refractivity contribution in [3.8, 4) is 0 Å². The van der Waals surface area contributed by atoms with E-state index < -0.39 is 31.3 Å². The summed E-state index contributed by atoms with van der Waals surface area (Å²) in [6.07, 6.45) is -0.525. The first-order chi connectivity index (χ1) is 6.72. The summed E-state index contributed by atoms with van der Waals surface area (Å²) < 4.78 is 49.7. The molecule has 0 atom stereocenters.